The second kappa shape index (κ2) is 5.65. The van der Waals surface area contributed by atoms with Crippen molar-refractivity contribution in [3.8, 4) is 11.8 Å². The molecular weight excluding hydrogens is 286 g/mol. The van der Waals surface area contributed by atoms with Crippen molar-refractivity contribution < 1.29 is 0 Å². The number of anilines is 2. The Morgan fingerprint density at radius 3 is 2.71 bits per heavy atom. The van der Waals surface area contributed by atoms with Crippen LogP contribution in [0.25, 0.3) is 5.69 Å². The molecule has 0 saturated heterocycles. The first kappa shape index (κ1) is 13.2. The van der Waals surface area contributed by atoms with Gasteiger partial charge in [0.2, 0.25) is 0 Å². The second-order valence-electron chi connectivity index (χ2n) is 4.29. The summed E-state index contributed by atoms with van der Waals surface area (Å²) < 4.78 is 1.69. The predicted molar refractivity (Wildman–Crippen MR) is 80.8 cm³/mol. The van der Waals surface area contributed by atoms with Gasteiger partial charge in [-0.15, -0.1) is 0 Å². The zero-order valence-corrected chi connectivity index (χ0v) is 11.6. The van der Waals surface area contributed by atoms with Crippen LogP contribution >= 0.6 is 11.6 Å². The van der Waals surface area contributed by atoms with E-state index in [4.69, 9.17) is 16.9 Å². The van der Waals surface area contributed by atoms with E-state index in [1.54, 1.807) is 23.0 Å². The molecule has 0 bridgehead atoms. The number of nitrogens with zero attached hydrogens (tertiary/aromatic N) is 4. The minimum absolute atomic E-state index is 0.521. The van der Waals surface area contributed by atoms with E-state index in [9.17, 15) is 0 Å². The van der Waals surface area contributed by atoms with Crippen LogP contribution in [-0.4, -0.2) is 14.8 Å². The Bertz CT molecular complexity index is 801. The topological polar surface area (TPSA) is 66.5 Å². The van der Waals surface area contributed by atoms with E-state index in [1.165, 1.54) is 6.20 Å². The fraction of sp³-hybridized carbons (Fsp3) is 0. The number of nitriles is 1. The number of hydrogen-bond acceptors (Lipinski definition) is 4. The first-order valence-electron chi connectivity index (χ1n) is 6.19. The molecule has 5 nitrogen and oxygen atoms in total. The average Bonchev–Trinajstić information content (AvgIpc) is 2.97. The van der Waals surface area contributed by atoms with E-state index in [1.807, 2.05) is 36.5 Å². The zero-order chi connectivity index (χ0) is 14.7. The third-order valence-corrected chi connectivity index (χ3v) is 3.17. The van der Waals surface area contributed by atoms with Gasteiger partial charge in [-0.3, -0.25) is 0 Å². The highest BCUT2D eigenvalue weighted by Gasteiger charge is 2.05. The lowest BCUT2D eigenvalue weighted by molar-refractivity contribution is 0.881. The molecule has 2 heterocycles. The molecule has 2 aromatic heterocycles. The van der Waals surface area contributed by atoms with Gasteiger partial charge in [-0.1, -0.05) is 23.7 Å². The van der Waals surface area contributed by atoms with Crippen LogP contribution in [0.15, 0.2) is 55.0 Å². The molecule has 0 amide bonds. The predicted octanol–water partition coefficient (Wildman–Crippen LogP) is 3.54. The Labute approximate surface area is 126 Å². The number of para-hydroxylation sites is 1. The highest BCUT2D eigenvalue weighted by atomic mass is 35.5. The number of hydrogen-bond donors (Lipinski definition) is 1. The average molecular weight is 296 g/mol. The molecule has 0 fully saturated rings. The Morgan fingerprint density at radius 2 is 2.00 bits per heavy atom. The molecular formula is C15H10ClN5. The molecule has 21 heavy (non-hydrogen) atoms. The van der Waals surface area contributed by atoms with Gasteiger partial charge in [-0.2, -0.15) is 10.4 Å². The molecule has 6 heteroatoms. The summed E-state index contributed by atoms with van der Waals surface area (Å²) >= 11 is 6.14. The smallest absolute Gasteiger partial charge is 0.130 e. The summed E-state index contributed by atoms with van der Waals surface area (Å²) in [7, 11) is 0. The van der Waals surface area contributed by atoms with Gasteiger partial charge in [0.05, 0.1) is 34.4 Å². The highest BCUT2D eigenvalue weighted by Crippen LogP contribution is 2.21. The lowest BCUT2D eigenvalue weighted by atomic mass is 10.3. The van der Waals surface area contributed by atoms with E-state index < -0.39 is 0 Å². The quantitative estimate of drug-likeness (QED) is 0.802. The Morgan fingerprint density at radius 1 is 1.14 bits per heavy atom. The lowest BCUT2D eigenvalue weighted by Gasteiger charge is -2.03. The third-order valence-electron chi connectivity index (χ3n) is 2.85. The van der Waals surface area contributed by atoms with Crippen LogP contribution in [0.2, 0.25) is 5.02 Å². The minimum atomic E-state index is 0.521. The van der Waals surface area contributed by atoms with Gasteiger partial charge in [-0.25, -0.2) is 9.67 Å². The van der Waals surface area contributed by atoms with Crippen LogP contribution in [0.3, 0.4) is 0 Å². The van der Waals surface area contributed by atoms with Crippen LogP contribution in [0.1, 0.15) is 5.56 Å². The number of pyridine rings is 1. The van der Waals surface area contributed by atoms with Crippen molar-refractivity contribution in [2.75, 3.05) is 5.32 Å². The highest BCUT2D eigenvalue weighted by molar-refractivity contribution is 6.32. The van der Waals surface area contributed by atoms with Gasteiger partial charge in [0.1, 0.15) is 11.9 Å². The van der Waals surface area contributed by atoms with E-state index in [0.29, 0.717) is 16.4 Å². The van der Waals surface area contributed by atoms with E-state index in [0.717, 1.165) is 11.4 Å². The van der Waals surface area contributed by atoms with Crippen LogP contribution in [0.4, 0.5) is 11.5 Å². The Hall–Kier alpha value is -2.84. The minimum Gasteiger partial charge on any atom is -0.338 e. The summed E-state index contributed by atoms with van der Waals surface area (Å²) in [6.45, 7) is 0. The Kier molecular flexibility index (Phi) is 3.54. The summed E-state index contributed by atoms with van der Waals surface area (Å²) in [5.41, 5.74) is 2.11. The van der Waals surface area contributed by atoms with Gasteiger partial charge in [0.25, 0.3) is 0 Å². The van der Waals surface area contributed by atoms with Crippen LogP contribution in [-0.2, 0) is 0 Å². The summed E-state index contributed by atoms with van der Waals surface area (Å²) in [5.74, 6) is 0.646. The van der Waals surface area contributed by atoms with Gasteiger partial charge >= 0.3 is 0 Å². The van der Waals surface area contributed by atoms with Crippen molar-refractivity contribution in [2.45, 2.75) is 0 Å². The first-order valence-corrected chi connectivity index (χ1v) is 6.57. The molecule has 0 aliphatic heterocycles. The first-order chi connectivity index (χ1) is 10.3. The van der Waals surface area contributed by atoms with Crippen molar-refractivity contribution in [2.24, 2.45) is 0 Å². The van der Waals surface area contributed by atoms with Gasteiger partial charge < -0.3 is 5.32 Å². The van der Waals surface area contributed by atoms with Crippen molar-refractivity contribution in [1.29, 1.82) is 5.26 Å². The van der Waals surface area contributed by atoms with Gasteiger partial charge in [0.15, 0.2) is 0 Å². The largest absolute Gasteiger partial charge is 0.338 e. The molecule has 0 aliphatic carbocycles. The summed E-state index contributed by atoms with van der Waals surface area (Å²) in [6, 6.07) is 12.9. The maximum Gasteiger partial charge on any atom is 0.130 e. The standard InChI is InChI=1S/C15H10ClN5/c16-13-3-1-2-4-14(13)21-10-12(9-19-21)20-15-6-5-11(7-17)8-18-15/h1-6,8-10H,(H,18,20). The summed E-state index contributed by atoms with van der Waals surface area (Å²) in [6.07, 6.45) is 5.02. The molecule has 1 aromatic carbocycles. The van der Waals surface area contributed by atoms with Crippen molar-refractivity contribution in [3.05, 3.63) is 65.6 Å². The summed E-state index contributed by atoms with van der Waals surface area (Å²) in [4.78, 5) is 4.15. The second-order valence-corrected chi connectivity index (χ2v) is 4.70. The maximum absolute atomic E-state index is 8.74. The number of aromatic nitrogens is 3. The molecule has 0 saturated carbocycles. The van der Waals surface area contributed by atoms with E-state index in [-0.39, 0.29) is 0 Å². The molecule has 3 aromatic rings. The van der Waals surface area contributed by atoms with E-state index >= 15 is 0 Å². The summed E-state index contributed by atoms with van der Waals surface area (Å²) in [5, 5.41) is 16.8. The molecule has 1 N–H and O–H groups in total. The number of rotatable bonds is 3. The van der Waals surface area contributed by atoms with Gasteiger partial charge in [-0.05, 0) is 24.3 Å². The normalized spacial score (nSPS) is 10.1. The molecule has 3 rings (SSSR count). The van der Waals surface area contributed by atoms with Crippen LogP contribution in [0, 0.1) is 11.3 Å². The maximum atomic E-state index is 8.74. The van der Waals surface area contributed by atoms with Crippen LogP contribution in [0.5, 0.6) is 0 Å². The molecule has 0 atom stereocenters. The van der Waals surface area contributed by atoms with Crippen molar-refractivity contribution >= 4 is 23.1 Å². The van der Waals surface area contributed by atoms with Crippen molar-refractivity contribution in [3.63, 3.8) is 0 Å². The number of nitrogens with one attached hydrogen (secondary N) is 1. The zero-order valence-electron chi connectivity index (χ0n) is 10.9. The SMILES string of the molecule is N#Cc1ccc(Nc2cnn(-c3ccccc3Cl)c2)nc1. The van der Waals surface area contributed by atoms with Gasteiger partial charge in [0, 0.05) is 6.20 Å². The lowest BCUT2D eigenvalue weighted by Crippen LogP contribution is -1.95. The molecule has 0 radical (unpaired) electrons. The Balaban J connectivity index is 1.82. The fourth-order valence-corrected chi connectivity index (χ4v) is 2.06. The molecule has 0 unspecified atom stereocenters. The van der Waals surface area contributed by atoms with E-state index in [2.05, 4.69) is 15.4 Å². The molecule has 0 aliphatic rings. The fourth-order valence-electron chi connectivity index (χ4n) is 1.84. The third kappa shape index (κ3) is 2.86. The molecule has 0 spiro atoms. The van der Waals surface area contributed by atoms with Crippen molar-refractivity contribution in [1.82, 2.24) is 14.8 Å². The molecule has 102 valence electrons. The number of benzene rings is 1. The number of halogens is 1. The monoisotopic (exact) mass is 295 g/mol. The van der Waals surface area contributed by atoms with Crippen LogP contribution < -0.4 is 5.32 Å².